The number of benzene rings is 2. The van der Waals surface area contributed by atoms with Crippen LogP contribution in [0.15, 0.2) is 79.1 Å². The Hall–Kier alpha value is -4.35. The van der Waals surface area contributed by atoms with Gasteiger partial charge >= 0.3 is 6.18 Å². The molecule has 0 spiro atoms. The Morgan fingerprint density at radius 2 is 1.62 bits per heavy atom. The Balaban J connectivity index is 0.00000484. The third-order valence-corrected chi connectivity index (χ3v) is 6.56. The van der Waals surface area contributed by atoms with E-state index in [1.165, 1.54) is 37.4 Å². The molecule has 0 aliphatic carbocycles. The van der Waals surface area contributed by atoms with Gasteiger partial charge in [0, 0.05) is 34.6 Å². The lowest BCUT2D eigenvalue weighted by atomic mass is 9.89. The van der Waals surface area contributed by atoms with Crippen molar-refractivity contribution in [1.29, 1.82) is 0 Å². The van der Waals surface area contributed by atoms with Crippen LogP contribution in [0.1, 0.15) is 42.9 Å². The minimum atomic E-state index is -5.24. The highest BCUT2D eigenvalue weighted by Gasteiger charge is 2.56. The van der Waals surface area contributed by atoms with Crippen LogP contribution in [0.4, 0.5) is 17.6 Å². The summed E-state index contributed by atoms with van der Waals surface area (Å²) >= 11 is 0. The molecule has 222 valence electrons. The predicted molar refractivity (Wildman–Crippen MR) is 152 cm³/mol. The molecular weight excluding hydrogens is 552 g/mol. The summed E-state index contributed by atoms with van der Waals surface area (Å²) in [5.41, 5.74) is 2.75. The molecule has 0 aliphatic heterocycles. The zero-order chi connectivity index (χ0) is 30.0. The Morgan fingerprint density at radius 1 is 0.976 bits per heavy atom. The number of carbonyl (C=O) groups excluding carboxylic acids is 1. The molecule has 1 amide bonds. The van der Waals surface area contributed by atoms with Gasteiger partial charge in [-0.25, -0.2) is 9.37 Å². The minimum absolute atomic E-state index is 0. The van der Waals surface area contributed by atoms with Gasteiger partial charge in [-0.15, -0.1) is 0 Å². The molecule has 0 saturated heterocycles. The average molecular weight is 585 g/mol. The summed E-state index contributed by atoms with van der Waals surface area (Å²) < 4.78 is 62.3. The second kappa shape index (κ2) is 12.3. The summed E-state index contributed by atoms with van der Waals surface area (Å²) in [5.74, 6) is -1.09. The third-order valence-electron chi connectivity index (χ3n) is 6.56. The first kappa shape index (κ1) is 32.2. The molecule has 1 unspecified atom stereocenters. The number of aromatic nitrogens is 2. The molecule has 4 rings (SSSR count). The quantitative estimate of drug-likeness (QED) is 0.220. The van der Waals surface area contributed by atoms with Gasteiger partial charge in [0.15, 0.2) is 0 Å². The highest BCUT2D eigenvalue weighted by atomic mass is 19.4. The van der Waals surface area contributed by atoms with Crippen LogP contribution in [-0.4, -0.2) is 40.8 Å². The van der Waals surface area contributed by atoms with E-state index in [9.17, 15) is 27.5 Å². The summed E-state index contributed by atoms with van der Waals surface area (Å²) in [5, 5.41) is 13.3. The predicted octanol–water partition coefficient (Wildman–Crippen LogP) is 5.97. The van der Waals surface area contributed by atoms with Gasteiger partial charge < -0.3 is 20.9 Å². The molecule has 2 heterocycles. The minimum Gasteiger partial charge on any atom is -0.496 e. The largest absolute Gasteiger partial charge is 0.496 e. The molecule has 7 nitrogen and oxygen atoms in total. The summed E-state index contributed by atoms with van der Waals surface area (Å²) in [7, 11) is 1.40. The topological polar surface area (TPSA) is 110 Å². The molecule has 1 atom stereocenters. The number of hydrogen-bond donors (Lipinski definition) is 3. The fraction of sp³-hybridized carbons (Fsp3) is 0.258. The van der Waals surface area contributed by atoms with E-state index >= 15 is 0 Å². The van der Waals surface area contributed by atoms with Crippen molar-refractivity contribution in [1.82, 2.24) is 15.3 Å². The monoisotopic (exact) mass is 584 g/mol. The van der Waals surface area contributed by atoms with Crippen LogP contribution in [0.5, 0.6) is 5.75 Å². The first-order valence-electron chi connectivity index (χ1n) is 12.5. The third kappa shape index (κ3) is 6.75. The maximum Gasteiger partial charge on any atom is 0.424 e. The van der Waals surface area contributed by atoms with E-state index in [0.29, 0.717) is 16.9 Å². The van der Waals surface area contributed by atoms with E-state index in [-0.39, 0.29) is 24.2 Å². The van der Waals surface area contributed by atoms with Crippen molar-refractivity contribution in [2.75, 3.05) is 13.7 Å². The zero-order valence-electron chi connectivity index (χ0n) is 22.5. The van der Waals surface area contributed by atoms with Gasteiger partial charge in [0.05, 0.1) is 25.0 Å². The highest BCUT2D eigenvalue weighted by Crippen LogP contribution is 2.40. The molecule has 11 heteroatoms. The molecule has 2 aromatic heterocycles. The molecule has 0 fully saturated rings. The number of nitrogens with two attached hydrogens (primary N) is 1. The molecule has 0 aliphatic rings. The van der Waals surface area contributed by atoms with Gasteiger partial charge in [-0.05, 0) is 91.7 Å². The molecule has 0 saturated carbocycles. The maximum absolute atomic E-state index is 14.5. The van der Waals surface area contributed by atoms with Crippen molar-refractivity contribution in [3.8, 4) is 28.1 Å². The van der Waals surface area contributed by atoms with Crippen molar-refractivity contribution >= 4 is 5.91 Å². The Labute approximate surface area is 241 Å². The SMILES string of the molecule is C.COc1cc(C(=O)NCC(O)(c2cc(C(C)(C)N)cc(-c3ccc(F)cc3)n2)C(F)(F)F)ccc1-c1ccncc1. The summed E-state index contributed by atoms with van der Waals surface area (Å²) in [6, 6.07) is 15.4. The molecular formula is C31H32F4N4O3. The number of ether oxygens (including phenoxy) is 1. The second-order valence-electron chi connectivity index (χ2n) is 10.0. The maximum atomic E-state index is 14.5. The number of rotatable bonds is 8. The van der Waals surface area contributed by atoms with Crippen LogP contribution in [0.2, 0.25) is 0 Å². The molecule has 4 N–H and O–H groups in total. The van der Waals surface area contributed by atoms with Crippen molar-refractivity contribution in [3.05, 3.63) is 102 Å². The highest BCUT2D eigenvalue weighted by molar-refractivity contribution is 5.95. The lowest BCUT2D eigenvalue weighted by molar-refractivity contribution is -0.265. The Bertz CT molecular complexity index is 1540. The standard InChI is InChI=1S/C30H28F4N4O3.CH4/c1-28(2,35)21-15-24(19-4-7-22(31)8-5-19)38-26(16-21)29(40,30(32,33)34)17-37-27(39)20-6-9-23(25(14-20)41-3)18-10-12-36-13-11-18;/h4-16,40H,17,35H2,1-3H3,(H,37,39);1H4. The number of hydrogen-bond acceptors (Lipinski definition) is 6. The van der Waals surface area contributed by atoms with Crippen LogP contribution in [-0.2, 0) is 11.1 Å². The fourth-order valence-electron chi connectivity index (χ4n) is 4.13. The number of aliphatic hydroxyl groups is 1. The van der Waals surface area contributed by atoms with Gasteiger partial charge in [0.25, 0.3) is 5.91 Å². The van der Waals surface area contributed by atoms with E-state index in [4.69, 9.17) is 10.5 Å². The first-order chi connectivity index (χ1) is 19.2. The number of methoxy groups -OCH3 is 1. The number of pyridine rings is 2. The number of nitrogens with one attached hydrogen (secondary N) is 1. The van der Waals surface area contributed by atoms with Crippen molar-refractivity contribution < 1.29 is 32.2 Å². The number of amides is 1. The normalized spacial score (nSPS) is 13.1. The van der Waals surface area contributed by atoms with Crippen molar-refractivity contribution in [2.45, 2.75) is 38.6 Å². The fourth-order valence-corrected chi connectivity index (χ4v) is 4.13. The number of alkyl halides is 3. The van der Waals surface area contributed by atoms with E-state index in [1.54, 1.807) is 44.4 Å². The van der Waals surface area contributed by atoms with E-state index in [2.05, 4.69) is 15.3 Å². The average Bonchev–Trinajstić information content (AvgIpc) is 2.94. The van der Waals surface area contributed by atoms with Crippen LogP contribution < -0.4 is 15.8 Å². The first-order valence-corrected chi connectivity index (χ1v) is 12.5. The molecule has 0 radical (unpaired) electrons. The van der Waals surface area contributed by atoms with Crippen LogP contribution in [0, 0.1) is 5.82 Å². The van der Waals surface area contributed by atoms with E-state index < -0.39 is 41.3 Å². The van der Waals surface area contributed by atoms with E-state index in [1.807, 2.05) is 0 Å². The summed E-state index contributed by atoms with van der Waals surface area (Å²) in [4.78, 5) is 21.0. The van der Waals surface area contributed by atoms with Gasteiger partial charge in [-0.2, -0.15) is 13.2 Å². The lowest BCUT2D eigenvalue weighted by Crippen LogP contribution is -2.51. The Kier molecular flexibility index (Phi) is 9.39. The van der Waals surface area contributed by atoms with E-state index in [0.717, 1.165) is 23.8 Å². The lowest BCUT2D eigenvalue weighted by Gasteiger charge is -2.32. The number of nitrogens with zero attached hydrogens (tertiary/aromatic N) is 2. The molecule has 42 heavy (non-hydrogen) atoms. The molecule has 4 aromatic rings. The second-order valence-corrected chi connectivity index (χ2v) is 10.0. The van der Waals surface area contributed by atoms with Crippen molar-refractivity contribution in [3.63, 3.8) is 0 Å². The molecule has 2 aromatic carbocycles. The number of halogens is 4. The smallest absolute Gasteiger partial charge is 0.424 e. The van der Waals surface area contributed by atoms with Gasteiger partial charge in [0.1, 0.15) is 11.6 Å². The summed E-state index contributed by atoms with van der Waals surface area (Å²) in [6.07, 6.45) is -2.07. The van der Waals surface area contributed by atoms with Crippen LogP contribution in [0.25, 0.3) is 22.4 Å². The number of carbonyl (C=O) groups is 1. The van der Waals surface area contributed by atoms with Gasteiger partial charge in [-0.1, -0.05) is 7.43 Å². The van der Waals surface area contributed by atoms with Gasteiger partial charge in [0.2, 0.25) is 5.60 Å². The molecule has 0 bridgehead atoms. The van der Waals surface area contributed by atoms with Gasteiger partial charge in [-0.3, -0.25) is 9.78 Å². The zero-order valence-corrected chi connectivity index (χ0v) is 22.5. The van der Waals surface area contributed by atoms with Crippen LogP contribution in [0.3, 0.4) is 0 Å². The Morgan fingerprint density at radius 3 is 2.19 bits per heavy atom. The van der Waals surface area contributed by atoms with Crippen LogP contribution >= 0.6 is 0 Å². The summed E-state index contributed by atoms with van der Waals surface area (Å²) in [6.45, 7) is 1.92. The van der Waals surface area contributed by atoms with Crippen molar-refractivity contribution in [2.24, 2.45) is 5.73 Å².